The minimum atomic E-state index is -0.730. The highest BCUT2D eigenvalue weighted by atomic mass is 32.1. The molecule has 122 valence electrons. The zero-order valence-corrected chi connectivity index (χ0v) is 13.5. The second-order valence-corrected chi connectivity index (χ2v) is 5.05. The van der Waals surface area contributed by atoms with Crippen LogP contribution in [0.25, 0.3) is 5.70 Å². The van der Waals surface area contributed by atoms with Crippen molar-refractivity contribution in [3.05, 3.63) is 75.4 Å². The van der Waals surface area contributed by atoms with E-state index in [1.54, 1.807) is 30.6 Å². The molecule has 0 spiro atoms. The van der Waals surface area contributed by atoms with Gasteiger partial charge in [-0.25, -0.2) is 4.79 Å². The maximum atomic E-state index is 12.5. The molecule has 0 saturated heterocycles. The Morgan fingerprint density at radius 2 is 1.71 bits per heavy atom. The Bertz CT molecular complexity index is 816. The molecule has 0 bridgehead atoms. The number of benzene rings is 1. The molecule has 2 rings (SSSR count). The minimum Gasteiger partial charge on any atom is -0.461 e. The van der Waals surface area contributed by atoms with E-state index in [0.717, 1.165) is 0 Å². The summed E-state index contributed by atoms with van der Waals surface area (Å²) in [6.07, 6.45) is 3.15. The van der Waals surface area contributed by atoms with Crippen LogP contribution in [-0.4, -0.2) is 23.8 Å². The highest BCUT2D eigenvalue weighted by molar-refractivity contribution is 7.86. The van der Waals surface area contributed by atoms with E-state index in [4.69, 9.17) is 4.74 Å². The first-order valence-electron chi connectivity index (χ1n) is 6.73. The lowest BCUT2D eigenvalue weighted by atomic mass is 10.1. The van der Waals surface area contributed by atoms with Crippen LogP contribution in [0.3, 0.4) is 0 Å². The number of hydrogen-bond acceptors (Lipinski definition) is 6. The van der Waals surface area contributed by atoms with Crippen LogP contribution in [0, 0.1) is 10.1 Å². The topological polar surface area (TPSA) is 90.4 Å². The third kappa shape index (κ3) is 3.66. The Hall–Kier alpha value is -3.00. The van der Waals surface area contributed by atoms with Gasteiger partial charge in [-0.15, -0.1) is 12.6 Å². The number of ether oxygens (including phenoxy) is 1. The Kier molecular flexibility index (Phi) is 5.43. The number of allylic oxidation sites excluding steroid dienone is 1. The highest BCUT2D eigenvalue weighted by Crippen LogP contribution is 2.19. The van der Waals surface area contributed by atoms with Gasteiger partial charge < -0.3 is 4.74 Å². The summed E-state index contributed by atoms with van der Waals surface area (Å²) in [5.41, 5.74) is -0.0183. The maximum absolute atomic E-state index is 12.5. The van der Waals surface area contributed by atoms with Gasteiger partial charge in [-0.3, -0.25) is 14.9 Å². The number of thiol groups is 1. The molecule has 0 aliphatic heterocycles. The third-order valence-corrected chi connectivity index (χ3v) is 3.55. The van der Waals surface area contributed by atoms with E-state index in [-0.39, 0.29) is 21.9 Å². The van der Waals surface area contributed by atoms with E-state index in [9.17, 15) is 19.7 Å². The van der Waals surface area contributed by atoms with E-state index < -0.39 is 16.7 Å². The predicted molar refractivity (Wildman–Crippen MR) is 88.3 cm³/mol. The summed E-state index contributed by atoms with van der Waals surface area (Å²) in [5, 5.41) is 10.7. The van der Waals surface area contributed by atoms with Crippen LogP contribution < -0.4 is 4.57 Å². The molecule has 0 aliphatic carbocycles. The lowest BCUT2D eigenvalue weighted by molar-refractivity contribution is -0.578. The van der Waals surface area contributed by atoms with Crippen molar-refractivity contribution in [3.8, 4) is 0 Å². The van der Waals surface area contributed by atoms with Crippen molar-refractivity contribution < 1.29 is 23.8 Å². The Labute approximate surface area is 142 Å². The number of rotatable bonds is 5. The van der Waals surface area contributed by atoms with Crippen molar-refractivity contribution >= 4 is 35.8 Å². The molecule has 0 fully saturated rings. The Balaban J connectivity index is 2.48. The first kappa shape index (κ1) is 17.4. The smallest absolute Gasteiger partial charge is 0.405 e. The monoisotopic (exact) mass is 345 g/mol. The van der Waals surface area contributed by atoms with Crippen molar-refractivity contribution in [3.63, 3.8) is 0 Å². The molecule has 0 N–H and O–H groups in total. The number of aromatic nitrogens is 1. The standard InChI is InChI=1S/C16H12N2O5S/c1-23-16(20)13(17-9-3-2-4-10-17)15(24)14(19)11-5-7-12(8-6-11)18(21)22/h2-10H,1H3/p+1. The number of nitro benzene ring substituents is 1. The van der Waals surface area contributed by atoms with Gasteiger partial charge in [0.25, 0.3) is 5.69 Å². The normalized spacial score (nSPS) is 11.4. The lowest BCUT2D eigenvalue weighted by Crippen LogP contribution is -2.37. The second-order valence-electron chi connectivity index (χ2n) is 4.60. The van der Waals surface area contributed by atoms with Crippen LogP contribution in [0.1, 0.15) is 10.4 Å². The molecular formula is C16H13N2O5S+. The number of nitrogens with zero attached hydrogens (tertiary/aromatic N) is 2. The van der Waals surface area contributed by atoms with Gasteiger partial charge in [0, 0.05) is 29.8 Å². The van der Waals surface area contributed by atoms with Crippen molar-refractivity contribution in [1.82, 2.24) is 0 Å². The van der Waals surface area contributed by atoms with Gasteiger partial charge in [-0.1, -0.05) is 6.07 Å². The molecule has 7 nitrogen and oxygen atoms in total. The molecule has 0 atom stereocenters. The molecule has 24 heavy (non-hydrogen) atoms. The van der Waals surface area contributed by atoms with E-state index in [1.807, 2.05) is 0 Å². The summed E-state index contributed by atoms with van der Waals surface area (Å²) in [7, 11) is 1.20. The number of ketones is 1. The molecule has 0 saturated carbocycles. The number of nitro groups is 1. The van der Waals surface area contributed by atoms with Crippen LogP contribution in [0.2, 0.25) is 0 Å². The molecule has 1 aromatic carbocycles. The van der Waals surface area contributed by atoms with Crippen molar-refractivity contribution in [2.75, 3.05) is 7.11 Å². The van der Waals surface area contributed by atoms with Crippen LogP contribution in [0.5, 0.6) is 0 Å². The van der Waals surface area contributed by atoms with Gasteiger partial charge >= 0.3 is 11.7 Å². The molecule has 0 aliphatic rings. The Morgan fingerprint density at radius 3 is 2.21 bits per heavy atom. The molecule has 1 aromatic heterocycles. The zero-order chi connectivity index (χ0) is 17.7. The fraction of sp³-hybridized carbons (Fsp3) is 0.0625. The molecule has 0 radical (unpaired) electrons. The number of pyridine rings is 1. The largest absolute Gasteiger partial charge is 0.461 e. The number of carbonyl (C=O) groups is 2. The Morgan fingerprint density at radius 1 is 1.12 bits per heavy atom. The van der Waals surface area contributed by atoms with E-state index in [0.29, 0.717) is 0 Å². The van der Waals surface area contributed by atoms with Gasteiger partial charge in [-0.05, 0) is 12.1 Å². The first-order chi connectivity index (χ1) is 11.5. The van der Waals surface area contributed by atoms with Gasteiger partial charge in [0.2, 0.25) is 5.78 Å². The third-order valence-electron chi connectivity index (χ3n) is 3.13. The molecular weight excluding hydrogens is 332 g/mol. The fourth-order valence-electron chi connectivity index (χ4n) is 1.95. The fourth-order valence-corrected chi connectivity index (χ4v) is 2.28. The number of esters is 1. The molecule has 0 unspecified atom stereocenters. The van der Waals surface area contributed by atoms with Gasteiger partial charge in [0.1, 0.15) is 4.91 Å². The molecule has 1 heterocycles. The van der Waals surface area contributed by atoms with Gasteiger partial charge in [0.05, 0.1) is 12.0 Å². The van der Waals surface area contributed by atoms with Gasteiger partial charge in [0.15, 0.2) is 12.4 Å². The lowest BCUT2D eigenvalue weighted by Gasteiger charge is -2.04. The summed E-state index contributed by atoms with van der Waals surface area (Å²) in [4.78, 5) is 34.5. The summed E-state index contributed by atoms with van der Waals surface area (Å²) >= 11 is 4.18. The summed E-state index contributed by atoms with van der Waals surface area (Å²) in [5.74, 6) is -1.28. The van der Waals surface area contributed by atoms with E-state index >= 15 is 0 Å². The highest BCUT2D eigenvalue weighted by Gasteiger charge is 2.29. The van der Waals surface area contributed by atoms with Crippen LogP contribution in [0.4, 0.5) is 5.69 Å². The van der Waals surface area contributed by atoms with Crippen LogP contribution in [-0.2, 0) is 9.53 Å². The van der Waals surface area contributed by atoms with Crippen LogP contribution in [0.15, 0.2) is 59.8 Å². The number of non-ortho nitro benzene ring substituents is 1. The maximum Gasteiger partial charge on any atom is 0.405 e. The van der Waals surface area contributed by atoms with Crippen molar-refractivity contribution in [2.24, 2.45) is 0 Å². The average Bonchev–Trinajstić information content (AvgIpc) is 2.62. The van der Waals surface area contributed by atoms with E-state index in [1.165, 1.54) is 35.9 Å². The molecule has 0 amide bonds. The zero-order valence-electron chi connectivity index (χ0n) is 12.6. The van der Waals surface area contributed by atoms with Crippen molar-refractivity contribution in [2.45, 2.75) is 0 Å². The van der Waals surface area contributed by atoms with Gasteiger partial charge in [-0.2, -0.15) is 4.57 Å². The number of carbonyl (C=O) groups excluding carboxylic acids is 2. The SMILES string of the molecule is COC(=O)/C(=C(/S)C(=O)c1ccc([N+](=O)[O-])cc1)[n+]1ccccc1. The predicted octanol–water partition coefficient (Wildman–Crippen LogP) is 2.04. The van der Waals surface area contributed by atoms with Crippen LogP contribution >= 0.6 is 12.6 Å². The van der Waals surface area contributed by atoms with E-state index in [2.05, 4.69) is 12.6 Å². The molecule has 8 heteroatoms. The molecule has 2 aromatic rings. The van der Waals surface area contributed by atoms with Crippen molar-refractivity contribution in [1.29, 1.82) is 0 Å². The average molecular weight is 345 g/mol. The summed E-state index contributed by atoms with van der Waals surface area (Å²) < 4.78 is 6.13. The summed E-state index contributed by atoms with van der Waals surface area (Å²) in [6.45, 7) is 0. The second kappa shape index (κ2) is 7.51. The first-order valence-corrected chi connectivity index (χ1v) is 7.17. The number of Topliss-reactive ketones (excluding diaryl/α,β-unsaturated/α-hetero) is 1. The quantitative estimate of drug-likeness (QED) is 0.170. The summed E-state index contributed by atoms with van der Waals surface area (Å²) in [6, 6.07) is 10.1. The number of hydrogen-bond donors (Lipinski definition) is 1. The number of methoxy groups -OCH3 is 1. The minimum absolute atomic E-state index is 0.0511.